The third-order valence-corrected chi connectivity index (χ3v) is 6.17. The second-order valence-electron chi connectivity index (χ2n) is 7.82. The van der Waals surface area contributed by atoms with Crippen LogP contribution in [-0.2, 0) is 0 Å². The van der Waals surface area contributed by atoms with Gasteiger partial charge in [-0.3, -0.25) is 4.79 Å². The molecule has 0 spiro atoms. The quantitative estimate of drug-likeness (QED) is 0.699. The lowest BCUT2D eigenvalue weighted by molar-refractivity contribution is 0.0954. The summed E-state index contributed by atoms with van der Waals surface area (Å²) in [6, 6.07) is 15.0. The summed E-state index contributed by atoms with van der Waals surface area (Å²) in [6.45, 7) is 1.18. The summed E-state index contributed by atoms with van der Waals surface area (Å²) in [6.07, 6.45) is 4.45. The molecule has 7 heteroatoms. The number of fused-ring (bicyclic) bond motifs is 1. The van der Waals surface area contributed by atoms with Crippen LogP contribution in [0.4, 0.5) is 0 Å². The van der Waals surface area contributed by atoms with Gasteiger partial charge in [0.2, 0.25) is 0 Å². The second-order valence-corrected chi connectivity index (χ2v) is 8.26. The molecule has 0 bridgehead atoms. The van der Waals surface area contributed by atoms with Crippen LogP contribution in [0.2, 0.25) is 5.02 Å². The number of carbonyl (C=O) groups excluding carboxylic acids is 1. The predicted octanol–water partition coefficient (Wildman–Crippen LogP) is 4.63. The molecular formula is C24H30ClN3O3. The number of hydrogen-bond acceptors (Lipinski definition) is 5. The van der Waals surface area contributed by atoms with Crippen LogP contribution in [0.15, 0.2) is 53.6 Å². The Morgan fingerprint density at radius 2 is 1.71 bits per heavy atom. The lowest BCUT2D eigenvalue weighted by Gasteiger charge is -2.30. The minimum Gasteiger partial charge on any atom is -0.493 e. The SMILES string of the molecule is CN1CCC2CC/C(=N\NC(=O)c3ccc(Cl)cc3)CC21.COc1ccccc1OC. The van der Waals surface area contributed by atoms with Crippen LogP contribution in [0.25, 0.3) is 0 Å². The van der Waals surface area contributed by atoms with Crippen molar-refractivity contribution >= 4 is 23.2 Å². The van der Waals surface area contributed by atoms with Crippen molar-refractivity contribution < 1.29 is 14.3 Å². The molecule has 2 atom stereocenters. The first-order valence-electron chi connectivity index (χ1n) is 10.5. The van der Waals surface area contributed by atoms with Crippen molar-refractivity contribution in [1.29, 1.82) is 0 Å². The molecule has 1 aliphatic carbocycles. The van der Waals surface area contributed by atoms with Crippen LogP contribution in [0, 0.1) is 5.92 Å². The van der Waals surface area contributed by atoms with Crippen LogP contribution in [0.1, 0.15) is 36.0 Å². The van der Waals surface area contributed by atoms with Crippen molar-refractivity contribution in [3.8, 4) is 11.5 Å². The number of halogens is 1. The normalized spacial score (nSPS) is 21.6. The van der Waals surface area contributed by atoms with Crippen LogP contribution in [0.5, 0.6) is 11.5 Å². The number of benzene rings is 2. The Kier molecular flexibility index (Phi) is 8.32. The largest absolute Gasteiger partial charge is 0.493 e. The Hall–Kier alpha value is -2.57. The fourth-order valence-corrected chi connectivity index (χ4v) is 4.25. The maximum atomic E-state index is 12.0. The number of methoxy groups -OCH3 is 2. The molecule has 2 fully saturated rings. The minimum atomic E-state index is -0.180. The van der Waals surface area contributed by atoms with E-state index in [2.05, 4.69) is 22.5 Å². The van der Waals surface area contributed by atoms with Gasteiger partial charge in [-0.05, 0) is 75.2 Å². The fourth-order valence-electron chi connectivity index (χ4n) is 4.13. The van der Waals surface area contributed by atoms with Crippen molar-refractivity contribution in [3.63, 3.8) is 0 Å². The highest BCUT2D eigenvalue weighted by Crippen LogP contribution is 2.34. The van der Waals surface area contributed by atoms with Crippen LogP contribution < -0.4 is 14.9 Å². The molecule has 2 unspecified atom stereocenters. The summed E-state index contributed by atoms with van der Waals surface area (Å²) < 4.78 is 10.0. The molecule has 1 N–H and O–H groups in total. The second kappa shape index (κ2) is 11.2. The van der Waals surface area contributed by atoms with Crippen molar-refractivity contribution in [1.82, 2.24) is 10.3 Å². The van der Waals surface area contributed by atoms with E-state index in [4.69, 9.17) is 21.1 Å². The molecule has 2 aromatic rings. The number of para-hydroxylation sites is 2. The van der Waals surface area contributed by atoms with Crippen LogP contribution >= 0.6 is 11.6 Å². The summed E-state index contributed by atoms with van der Waals surface area (Å²) in [7, 11) is 5.43. The Balaban J connectivity index is 0.000000229. The van der Waals surface area contributed by atoms with Crippen molar-refractivity contribution in [3.05, 3.63) is 59.1 Å². The summed E-state index contributed by atoms with van der Waals surface area (Å²) in [4.78, 5) is 14.4. The first kappa shape index (κ1) is 23.1. The van der Waals surface area contributed by atoms with E-state index in [1.165, 1.54) is 19.4 Å². The highest BCUT2D eigenvalue weighted by Gasteiger charge is 2.35. The molecule has 0 aromatic heterocycles. The Bertz CT molecular complexity index is 878. The van der Waals surface area contributed by atoms with E-state index in [0.717, 1.165) is 36.0 Å². The third-order valence-electron chi connectivity index (χ3n) is 5.92. The maximum Gasteiger partial charge on any atom is 0.271 e. The van der Waals surface area contributed by atoms with E-state index >= 15 is 0 Å². The summed E-state index contributed by atoms with van der Waals surface area (Å²) in [5, 5.41) is 4.96. The zero-order valence-corrected chi connectivity index (χ0v) is 19.1. The van der Waals surface area contributed by atoms with Crippen molar-refractivity contribution in [2.75, 3.05) is 27.8 Å². The number of nitrogens with zero attached hydrogens (tertiary/aromatic N) is 2. The van der Waals surface area contributed by atoms with Gasteiger partial charge in [0.15, 0.2) is 11.5 Å². The molecule has 31 heavy (non-hydrogen) atoms. The van der Waals surface area contributed by atoms with E-state index in [1.807, 2.05) is 24.3 Å². The zero-order chi connectivity index (χ0) is 22.2. The number of hydrazone groups is 1. The van der Waals surface area contributed by atoms with Gasteiger partial charge in [0.05, 0.1) is 14.2 Å². The van der Waals surface area contributed by atoms with E-state index in [9.17, 15) is 4.79 Å². The van der Waals surface area contributed by atoms with Gasteiger partial charge in [0, 0.05) is 28.8 Å². The Morgan fingerprint density at radius 1 is 1.06 bits per heavy atom. The predicted molar refractivity (Wildman–Crippen MR) is 124 cm³/mol. The monoisotopic (exact) mass is 443 g/mol. The minimum absolute atomic E-state index is 0.180. The van der Waals surface area contributed by atoms with E-state index < -0.39 is 0 Å². The topological polar surface area (TPSA) is 63.2 Å². The molecule has 2 aliphatic rings. The lowest BCUT2D eigenvalue weighted by Crippen LogP contribution is -2.36. The maximum absolute atomic E-state index is 12.0. The van der Waals surface area contributed by atoms with E-state index in [0.29, 0.717) is 16.6 Å². The number of rotatable bonds is 4. The van der Waals surface area contributed by atoms with Gasteiger partial charge in [0.25, 0.3) is 5.91 Å². The van der Waals surface area contributed by atoms with Gasteiger partial charge in [-0.2, -0.15) is 5.10 Å². The number of carbonyl (C=O) groups is 1. The molecule has 1 aliphatic heterocycles. The number of amides is 1. The molecule has 1 amide bonds. The van der Waals surface area contributed by atoms with Crippen LogP contribution in [0.3, 0.4) is 0 Å². The summed E-state index contributed by atoms with van der Waals surface area (Å²) in [5.41, 5.74) is 4.35. The average molecular weight is 444 g/mol. The molecular weight excluding hydrogens is 414 g/mol. The molecule has 1 saturated heterocycles. The average Bonchev–Trinajstić information content (AvgIpc) is 3.18. The molecule has 1 heterocycles. The number of nitrogens with one attached hydrogen (secondary N) is 1. The van der Waals surface area contributed by atoms with Gasteiger partial charge in [-0.25, -0.2) is 5.43 Å². The molecule has 6 nitrogen and oxygen atoms in total. The lowest BCUT2D eigenvalue weighted by atomic mass is 9.84. The molecule has 166 valence electrons. The highest BCUT2D eigenvalue weighted by molar-refractivity contribution is 6.30. The van der Waals surface area contributed by atoms with Gasteiger partial charge in [-0.1, -0.05) is 23.7 Å². The summed E-state index contributed by atoms with van der Waals surface area (Å²) >= 11 is 5.82. The van der Waals surface area contributed by atoms with Crippen LogP contribution in [-0.4, -0.2) is 50.4 Å². The van der Waals surface area contributed by atoms with Crippen molar-refractivity contribution in [2.24, 2.45) is 11.0 Å². The molecule has 1 saturated carbocycles. The molecule has 0 radical (unpaired) electrons. The van der Waals surface area contributed by atoms with Gasteiger partial charge < -0.3 is 14.4 Å². The smallest absolute Gasteiger partial charge is 0.271 e. The zero-order valence-electron chi connectivity index (χ0n) is 18.3. The van der Waals surface area contributed by atoms with E-state index in [-0.39, 0.29) is 5.91 Å². The molecule has 4 rings (SSSR count). The van der Waals surface area contributed by atoms with Gasteiger partial charge in [-0.15, -0.1) is 0 Å². The number of likely N-dealkylation sites (tertiary alicyclic amines) is 1. The first-order valence-corrected chi connectivity index (χ1v) is 10.9. The first-order chi connectivity index (χ1) is 15.0. The Morgan fingerprint density at radius 3 is 2.32 bits per heavy atom. The summed E-state index contributed by atoms with van der Waals surface area (Å²) in [5.74, 6) is 2.16. The Labute approximate surface area is 189 Å². The number of hydrogen-bond donors (Lipinski definition) is 1. The third kappa shape index (κ3) is 6.21. The fraction of sp³-hybridized carbons (Fsp3) is 0.417. The highest BCUT2D eigenvalue weighted by atomic mass is 35.5. The van der Waals surface area contributed by atoms with Gasteiger partial charge >= 0.3 is 0 Å². The van der Waals surface area contributed by atoms with Crippen molar-refractivity contribution in [2.45, 2.75) is 31.7 Å². The standard InChI is InChI=1S/C16H20ClN3O.C8H10O2/c1-20-9-8-11-4-7-14(10-15(11)20)18-19-16(21)12-2-5-13(17)6-3-12;1-9-7-5-3-4-6-8(7)10-2/h2-3,5-6,11,15H,4,7-10H2,1H3,(H,19,21);3-6H,1-2H3/b18-14+;. The van der Waals surface area contributed by atoms with Gasteiger partial charge in [0.1, 0.15) is 0 Å². The molecule has 2 aromatic carbocycles. The number of ether oxygens (including phenoxy) is 2. The van der Waals surface area contributed by atoms with E-state index in [1.54, 1.807) is 38.5 Å².